The van der Waals surface area contributed by atoms with Crippen LogP contribution in [0.5, 0.6) is 0 Å². The molecular formula is C72H76BN3. The van der Waals surface area contributed by atoms with E-state index in [9.17, 15) is 0 Å². The Kier molecular flexibility index (Phi) is 9.82. The van der Waals surface area contributed by atoms with Gasteiger partial charge in [0.15, 0.2) is 0 Å². The lowest BCUT2D eigenvalue weighted by molar-refractivity contribution is 0.195. The van der Waals surface area contributed by atoms with Gasteiger partial charge in [-0.1, -0.05) is 198 Å². The average Bonchev–Trinajstić information content (AvgIpc) is 3.77. The summed E-state index contributed by atoms with van der Waals surface area (Å²) in [4.78, 5) is 8.53. The first kappa shape index (κ1) is 47.9. The average molecular weight is 994 g/mol. The lowest BCUT2D eigenvalue weighted by Crippen LogP contribution is -2.64. The molecule has 76 heavy (non-hydrogen) atoms. The van der Waals surface area contributed by atoms with Crippen molar-refractivity contribution < 1.29 is 0 Å². The molecule has 0 aromatic heterocycles. The highest BCUT2D eigenvalue weighted by Crippen LogP contribution is 2.66. The molecule has 14 rings (SSSR count). The molecule has 4 atom stereocenters. The Morgan fingerprint density at radius 2 is 1.08 bits per heavy atom. The molecule has 1 saturated carbocycles. The number of nitrogens with zero attached hydrogens (tertiary/aromatic N) is 3. The Labute approximate surface area is 454 Å². The van der Waals surface area contributed by atoms with Gasteiger partial charge in [-0.3, -0.25) is 0 Å². The van der Waals surface area contributed by atoms with E-state index in [1.165, 1.54) is 131 Å². The highest BCUT2D eigenvalue weighted by molar-refractivity contribution is 7.00. The Bertz CT molecular complexity index is 3790. The minimum absolute atomic E-state index is 0.0207. The van der Waals surface area contributed by atoms with E-state index in [0.717, 1.165) is 19.3 Å². The fourth-order valence-electron chi connectivity index (χ4n) is 16.1. The zero-order valence-electron chi connectivity index (χ0n) is 47.6. The molecule has 4 aliphatic heterocycles. The number of aryl methyl sites for hydroxylation is 1. The molecule has 1 fully saturated rings. The van der Waals surface area contributed by atoms with Crippen LogP contribution < -0.4 is 31.1 Å². The monoisotopic (exact) mass is 994 g/mol. The van der Waals surface area contributed by atoms with Gasteiger partial charge in [0.2, 0.25) is 0 Å². The minimum atomic E-state index is -0.358. The molecule has 4 heterocycles. The summed E-state index contributed by atoms with van der Waals surface area (Å²) >= 11 is 0. The SMILES string of the molecule is CC(C)(C)c1ccc2c(c1)B1c3cc(C(C)(C)C)cc4c3N(c3cc(N5c6ccccc6C6(C)CCc7ccccc7C56C)cc(c31)N2c1ccc(C(C)(C)C)cc1-c1ccc2ccccc2c1)C1(C)CCCCC41C. The van der Waals surface area contributed by atoms with Crippen molar-refractivity contribution in [3.05, 3.63) is 191 Å². The first-order chi connectivity index (χ1) is 36.1. The molecule has 0 bridgehead atoms. The van der Waals surface area contributed by atoms with E-state index in [1.54, 1.807) is 5.56 Å². The summed E-state index contributed by atoms with van der Waals surface area (Å²) in [7, 11) is 0. The van der Waals surface area contributed by atoms with Crippen molar-refractivity contribution in [2.24, 2.45) is 0 Å². The van der Waals surface area contributed by atoms with Gasteiger partial charge in [0.1, 0.15) is 0 Å². The largest absolute Gasteiger partial charge is 0.335 e. The summed E-state index contributed by atoms with van der Waals surface area (Å²) in [6, 6.07) is 60.6. The molecule has 8 aromatic carbocycles. The highest BCUT2D eigenvalue weighted by atomic mass is 15.3. The Morgan fingerprint density at radius 1 is 0.447 bits per heavy atom. The van der Waals surface area contributed by atoms with Gasteiger partial charge >= 0.3 is 0 Å². The lowest BCUT2D eigenvalue weighted by atomic mass is 9.33. The molecular weight excluding hydrogens is 918 g/mol. The Hall–Kier alpha value is -6.52. The standard InChI is InChI=1S/C72H76BN3/c1-66(2,3)49-30-32-59(53(39-49)48-29-28-45-22-14-15-24-47(45)38-48)74-61-33-31-50(67(4,5)6)41-57(61)73-58-42-51(68(7,8)9)40-56-65(58)76(71(12)36-21-20-35-69(56,71)10)63-44-52(43-62(74)64(63)73)75-60-27-19-18-26-55(60)70(11)37-34-46-23-16-17-25-54(46)72(70,75)13/h14-19,22-33,38-44H,20-21,34-37H2,1-13H3. The summed E-state index contributed by atoms with van der Waals surface area (Å²) in [6.07, 6.45) is 6.99. The number of para-hydroxylation sites is 1. The molecule has 0 radical (unpaired) electrons. The van der Waals surface area contributed by atoms with Gasteiger partial charge in [-0.05, 0) is 170 Å². The first-order valence-corrected chi connectivity index (χ1v) is 28.8. The van der Waals surface area contributed by atoms with E-state index in [4.69, 9.17) is 0 Å². The van der Waals surface area contributed by atoms with E-state index in [1.807, 2.05) is 0 Å². The summed E-state index contributed by atoms with van der Waals surface area (Å²) in [5, 5.41) is 2.52. The van der Waals surface area contributed by atoms with Crippen LogP contribution >= 0.6 is 0 Å². The second-order valence-electron chi connectivity index (χ2n) is 28.0. The number of hydrogen-bond acceptors (Lipinski definition) is 3. The molecule has 0 saturated heterocycles. The fraction of sp³-hybridized carbons (Fsp3) is 0.361. The van der Waals surface area contributed by atoms with Crippen molar-refractivity contribution in [1.29, 1.82) is 0 Å². The lowest BCUT2D eigenvalue weighted by Gasteiger charge is -2.54. The smallest absolute Gasteiger partial charge is 0.252 e. The summed E-state index contributed by atoms with van der Waals surface area (Å²) < 4.78 is 0. The van der Waals surface area contributed by atoms with Crippen LogP contribution in [0, 0.1) is 0 Å². The third-order valence-electron chi connectivity index (χ3n) is 20.9. The van der Waals surface area contributed by atoms with Crippen molar-refractivity contribution in [2.75, 3.05) is 14.7 Å². The molecule has 4 heteroatoms. The normalized spacial score (nSPS) is 23.9. The number of anilines is 7. The summed E-state index contributed by atoms with van der Waals surface area (Å²) in [5.74, 6) is 0. The predicted octanol–water partition coefficient (Wildman–Crippen LogP) is 17.0. The van der Waals surface area contributed by atoms with Gasteiger partial charge in [-0.2, -0.15) is 0 Å². The van der Waals surface area contributed by atoms with E-state index in [-0.39, 0.29) is 44.9 Å². The van der Waals surface area contributed by atoms with Gasteiger partial charge in [-0.15, -0.1) is 0 Å². The molecule has 6 aliphatic rings. The number of hydrogen-bond donors (Lipinski definition) is 0. The highest BCUT2D eigenvalue weighted by Gasteiger charge is 2.63. The van der Waals surface area contributed by atoms with Gasteiger partial charge < -0.3 is 14.7 Å². The maximum Gasteiger partial charge on any atom is 0.252 e. The zero-order valence-corrected chi connectivity index (χ0v) is 47.6. The zero-order chi connectivity index (χ0) is 52.9. The number of fused-ring (bicyclic) bond motifs is 13. The van der Waals surface area contributed by atoms with Crippen LogP contribution in [0.1, 0.15) is 161 Å². The van der Waals surface area contributed by atoms with Crippen LogP contribution in [-0.4, -0.2) is 12.3 Å². The topological polar surface area (TPSA) is 9.72 Å². The molecule has 3 nitrogen and oxygen atoms in total. The van der Waals surface area contributed by atoms with Crippen molar-refractivity contribution >= 4 is 73.7 Å². The summed E-state index contributed by atoms with van der Waals surface area (Å²) in [5.41, 5.74) is 25.4. The van der Waals surface area contributed by atoms with Gasteiger partial charge in [0.05, 0.1) is 16.8 Å². The number of benzene rings is 8. The Morgan fingerprint density at radius 3 is 1.83 bits per heavy atom. The molecule has 0 amide bonds. The number of rotatable bonds is 3. The van der Waals surface area contributed by atoms with E-state index in [0.29, 0.717) is 0 Å². The minimum Gasteiger partial charge on any atom is -0.335 e. The summed E-state index contributed by atoms with van der Waals surface area (Å²) in [6.45, 7) is 32.0. The van der Waals surface area contributed by atoms with E-state index in [2.05, 4.69) is 256 Å². The predicted molar refractivity (Wildman–Crippen MR) is 326 cm³/mol. The third kappa shape index (κ3) is 6.25. The molecule has 2 aliphatic carbocycles. The van der Waals surface area contributed by atoms with Crippen LogP contribution in [0.4, 0.5) is 39.8 Å². The van der Waals surface area contributed by atoms with Gasteiger partial charge in [0.25, 0.3) is 6.71 Å². The molecule has 4 unspecified atom stereocenters. The van der Waals surface area contributed by atoms with Crippen molar-refractivity contribution in [3.63, 3.8) is 0 Å². The first-order valence-electron chi connectivity index (χ1n) is 28.8. The van der Waals surface area contributed by atoms with E-state index < -0.39 is 0 Å². The second kappa shape index (κ2) is 15.6. The molecule has 0 N–H and O–H groups in total. The maximum atomic E-state index is 2.96. The third-order valence-corrected chi connectivity index (χ3v) is 20.9. The van der Waals surface area contributed by atoms with Crippen LogP contribution in [0.15, 0.2) is 152 Å². The van der Waals surface area contributed by atoms with E-state index >= 15 is 0 Å². The molecule has 0 spiro atoms. The van der Waals surface area contributed by atoms with Gasteiger partial charge in [-0.25, -0.2) is 0 Å². The van der Waals surface area contributed by atoms with Crippen LogP contribution in [-0.2, 0) is 39.0 Å². The van der Waals surface area contributed by atoms with Crippen LogP contribution in [0.2, 0.25) is 0 Å². The Balaban J connectivity index is 1.15. The van der Waals surface area contributed by atoms with Crippen molar-refractivity contribution in [2.45, 2.75) is 167 Å². The van der Waals surface area contributed by atoms with Gasteiger partial charge in [0, 0.05) is 50.5 Å². The van der Waals surface area contributed by atoms with Crippen molar-refractivity contribution in [1.82, 2.24) is 0 Å². The fourth-order valence-corrected chi connectivity index (χ4v) is 16.1. The van der Waals surface area contributed by atoms with Crippen LogP contribution in [0.25, 0.3) is 21.9 Å². The van der Waals surface area contributed by atoms with Crippen LogP contribution in [0.3, 0.4) is 0 Å². The van der Waals surface area contributed by atoms with Crippen molar-refractivity contribution in [3.8, 4) is 11.1 Å². The molecule has 382 valence electrons. The second-order valence-corrected chi connectivity index (χ2v) is 28.0. The quantitative estimate of drug-likeness (QED) is 0.163. The maximum absolute atomic E-state index is 2.96. The molecule has 8 aromatic rings.